The van der Waals surface area contributed by atoms with E-state index in [4.69, 9.17) is 9.53 Å². The van der Waals surface area contributed by atoms with Crippen LogP contribution in [0.4, 0.5) is 0 Å². The number of aromatic nitrogens is 1. The average molecular weight is 203 g/mol. The van der Waals surface area contributed by atoms with Gasteiger partial charge < -0.3 is 9.53 Å². The van der Waals surface area contributed by atoms with E-state index in [1.54, 1.807) is 13.3 Å². The molecule has 1 aromatic carbocycles. The second-order valence-corrected chi connectivity index (χ2v) is 2.80. The molecule has 0 bridgehead atoms. The Hall–Kier alpha value is -1.90. The summed E-state index contributed by atoms with van der Waals surface area (Å²) in [6.07, 6.45) is 2.47. The normalized spacial score (nSPS) is 8.93. The summed E-state index contributed by atoms with van der Waals surface area (Å²) in [5.74, 6) is 0.800. The molecule has 0 atom stereocenters. The summed E-state index contributed by atoms with van der Waals surface area (Å²) in [4.78, 5) is 13.0. The molecule has 0 saturated heterocycles. The number of fused-ring (bicyclic) bond motifs is 1. The number of aldehydes is 1. The van der Waals surface area contributed by atoms with Crippen molar-refractivity contribution in [2.75, 3.05) is 7.11 Å². The number of nitrogens with zero attached hydrogens (tertiary/aromatic N) is 1. The van der Waals surface area contributed by atoms with Gasteiger partial charge in [-0.25, -0.2) is 0 Å². The third-order valence-corrected chi connectivity index (χ3v) is 1.80. The highest BCUT2D eigenvalue weighted by atomic mass is 16.5. The maximum Gasteiger partial charge on any atom is 0.137 e. The van der Waals surface area contributed by atoms with Gasteiger partial charge in [-0.3, -0.25) is 4.98 Å². The van der Waals surface area contributed by atoms with E-state index < -0.39 is 0 Å². The summed E-state index contributed by atoms with van der Waals surface area (Å²) in [5.41, 5.74) is 0.998. The van der Waals surface area contributed by atoms with Crippen LogP contribution < -0.4 is 4.74 Å². The van der Waals surface area contributed by atoms with Crippen LogP contribution in [-0.4, -0.2) is 18.4 Å². The van der Waals surface area contributed by atoms with Gasteiger partial charge in [0.15, 0.2) is 0 Å². The van der Waals surface area contributed by atoms with Gasteiger partial charge in [-0.1, -0.05) is 18.2 Å². The zero-order chi connectivity index (χ0) is 11.1. The van der Waals surface area contributed by atoms with Crippen LogP contribution in [0.15, 0.2) is 36.5 Å². The zero-order valence-corrected chi connectivity index (χ0v) is 8.81. The molecule has 0 aliphatic carbocycles. The second kappa shape index (κ2) is 5.75. The Kier molecular flexibility index (Phi) is 4.29. The molecule has 3 heteroatoms. The lowest BCUT2D eigenvalue weighted by Gasteiger charge is -2.00. The second-order valence-electron chi connectivity index (χ2n) is 2.80. The van der Waals surface area contributed by atoms with Gasteiger partial charge >= 0.3 is 0 Å². The fourth-order valence-electron chi connectivity index (χ4n) is 1.16. The third-order valence-electron chi connectivity index (χ3n) is 1.80. The molecule has 0 saturated carbocycles. The largest absolute Gasteiger partial charge is 0.495 e. The van der Waals surface area contributed by atoms with Crippen molar-refractivity contribution in [3.8, 4) is 5.75 Å². The van der Waals surface area contributed by atoms with Crippen molar-refractivity contribution < 1.29 is 9.53 Å². The maximum absolute atomic E-state index is 8.81. The third kappa shape index (κ3) is 3.06. The van der Waals surface area contributed by atoms with Crippen molar-refractivity contribution in [2.24, 2.45) is 0 Å². The molecular weight excluding hydrogens is 190 g/mol. The summed E-state index contributed by atoms with van der Waals surface area (Å²) in [5, 5.41) is 1.11. The van der Waals surface area contributed by atoms with Crippen molar-refractivity contribution >= 4 is 17.2 Å². The predicted molar refractivity (Wildman–Crippen MR) is 60.0 cm³/mol. The average Bonchev–Trinajstić information content (AvgIpc) is 2.29. The fraction of sp³-hybridized carbons (Fsp3) is 0.167. The number of hydrogen-bond donors (Lipinski definition) is 0. The summed E-state index contributed by atoms with van der Waals surface area (Å²) < 4.78 is 5.06. The standard InChI is InChI=1S/C10H9NO.C2H4O/c1-12-9-6-8-4-2-3-5-10(8)11-7-9;1-2-3/h2-7H,1H3;2H,1H3. The van der Waals surface area contributed by atoms with Crippen molar-refractivity contribution in [1.29, 1.82) is 0 Å². The Labute approximate surface area is 88.7 Å². The molecule has 0 aliphatic rings. The Balaban J connectivity index is 0.000000337. The van der Waals surface area contributed by atoms with Crippen LogP contribution in [-0.2, 0) is 4.79 Å². The first kappa shape index (κ1) is 11.2. The SMILES string of the molecule is CC=O.COc1cnc2ccccc2c1. The molecule has 0 aliphatic heterocycles. The predicted octanol–water partition coefficient (Wildman–Crippen LogP) is 2.45. The molecule has 0 unspecified atom stereocenters. The molecule has 1 aromatic heterocycles. The minimum absolute atomic E-state index is 0.750. The van der Waals surface area contributed by atoms with Crippen LogP contribution in [0.2, 0.25) is 0 Å². The van der Waals surface area contributed by atoms with Crippen LogP contribution >= 0.6 is 0 Å². The summed E-state index contributed by atoms with van der Waals surface area (Å²) >= 11 is 0. The number of benzene rings is 1. The van der Waals surface area contributed by atoms with Gasteiger partial charge in [-0.05, 0) is 19.1 Å². The number of pyridine rings is 1. The molecule has 78 valence electrons. The Bertz CT molecular complexity index is 440. The number of ether oxygens (including phenoxy) is 1. The van der Waals surface area contributed by atoms with E-state index in [0.29, 0.717) is 0 Å². The number of rotatable bonds is 1. The molecule has 3 nitrogen and oxygen atoms in total. The number of hydrogen-bond acceptors (Lipinski definition) is 3. The highest BCUT2D eigenvalue weighted by molar-refractivity contribution is 5.79. The van der Waals surface area contributed by atoms with E-state index in [9.17, 15) is 0 Å². The molecule has 15 heavy (non-hydrogen) atoms. The number of carbonyl (C=O) groups is 1. The Morgan fingerprint density at radius 2 is 2.00 bits per heavy atom. The first-order valence-corrected chi connectivity index (χ1v) is 4.60. The lowest BCUT2D eigenvalue weighted by molar-refractivity contribution is -0.106. The molecule has 0 N–H and O–H groups in total. The molecular formula is C12H13NO2. The van der Waals surface area contributed by atoms with Crippen LogP contribution in [0.5, 0.6) is 5.75 Å². The van der Waals surface area contributed by atoms with E-state index >= 15 is 0 Å². The van der Waals surface area contributed by atoms with E-state index in [1.165, 1.54) is 6.92 Å². The summed E-state index contributed by atoms with van der Waals surface area (Å²) in [6.45, 7) is 1.44. The van der Waals surface area contributed by atoms with Gasteiger partial charge in [0, 0.05) is 5.39 Å². The molecule has 0 fully saturated rings. The van der Waals surface area contributed by atoms with Crippen molar-refractivity contribution in [1.82, 2.24) is 4.98 Å². The van der Waals surface area contributed by atoms with Gasteiger partial charge in [0.1, 0.15) is 12.0 Å². The molecule has 2 aromatic rings. The maximum atomic E-state index is 8.81. The molecule has 2 rings (SSSR count). The minimum Gasteiger partial charge on any atom is -0.495 e. The van der Waals surface area contributed by atoms with Crippen molar-refractivity contribution in [2.45, 2.75) is 6.92 Å². The van der Waals surface area contributed by atoms with E-state index in [-0.39, 0.29) is 0 Å². The van der Waals surface area contributed by atoms with Crippen LogP contribution in [0.3, 0.4) is 0 Å². The van der Waals surface area contributed by atoms with Crippen molar-refractivity contribution in [3.05, 3.63) is 36.5 Å². The van der Waals surface area contributed by atoms with E-state index in [2.05, 4.69) is 4.98 Å². The lowest BCUT2D eigenvalue weighted by atomic mass is 10.2. The highest BCUT2D eigenvalue weighted by Gasteiger charge is 1.94. The molecule has 0 spiro atoms. The lowest BCUT2D eigenvalue weighted by Crippen LogP contribution is -1.84. The van der Waals surface area contributed by atoms with E-state index in [1.807, 2.05) is 30.3 Å². The van der Waals surface area contributed by atoms with Gasteiger partial charge in [-0.2, -0.15) is 0 Å². The molecule has 1 heterocycles. The number of carbonyl (C=O) groups excluding carboxylic acids is 1. The smallest absolute Gasteiger partial charge is 0.137 e. The summed E-state index contributed by atoms with van der Waals surface area (Å²) in [7, 11) is 1.64. The quantitative estimate of drug-likeness (QED) is 0.668. The van der Waals surface area contributed by atoms with E-state index in [0.717, 1.165) is 22.9 Å². The van der Waals surface area contributed by atoms with Gasteiger partial charge in [0.2, 0.25) is 0 Å². The fourth-order valence-corrected chi connectivity index (χ4v) is 1.16. The molecule has 0 radical (unpaired) electrons. The first-order chi connectivity index (χ1) is 7.31. The van der Waals surface area contributed by atoms with Gasteiger partial charge in [-0.15, -0.1) is 0 Å². The highest BCUT2D eigenvalue weighted by Crippen LogP contribution is 2.16. The van der Waals surface area contributed by atoms with Gasteiger partial charge in [0.25, 0.3) is 0 Å². The molecule has 0 amide bonds. The topological polar surface area (TPSA) is 39.2 Å². The van der Waals surface area contributed by atoms with Gasteiger partial charge in [0.05, 0.1) is 18.8 Å². The van der Waals surface area contributed by atoms with Crippen LogP contribution in [0.25, 0.3) is 10.9 Å². The zero-order valence-electron chi connectivity index (χ0n) is 8.81. The monoisotopic (exact) mass is 203 g/mol. The number of para-hydroxylation sites is 1. The summed E-state index contributed by atoms with van der Waals surface area (Å²) in [6, 6.07) is 9.94. The van der Waals surface area contributed by atoms with Crippen LogP contribution in [0, 0.1) is 0 Å². The van der Waals surface area contributed by atoms with Crippen molar-refractivity contribution in [3.63, 3.8) is 0 Å². The Morgan fingerprint density at radius 1 is 1.33 bits per heavy atom. The van der Waals surface area contributed by atoms with Crippen LogP contribution in [0.1, 0.15) is 6.92 Å². The first-order valence-electron chi connectivity index (χ1n) is 4.60. The Morgan fingerprint density at radius 3 is 2.67 bits per heavy atom. The minimum atomic E-state index is 0.750. The number of methoxy groups -OCH3 is 1.